The van der Waals surface area contributed by atoms with E-state index in [9.17, 15) is 18.3 Å². The predicted molar refractivity (Wildman–Crippen MR) is 94.1 cm³/mol. The van der Waals surface area contributed by atoms with Gasteiger partial charge in [-0.25, -0.2) is 13.2 Å². The Bertz CT molecular complexity index is 799. The van der Waals surface area contributed by atoms with Crippen LogP contribution in [0.3, 0.4) is 0 Å². The molecule has 1 saturated heterocycles. The van der Waals surface area contributed by atoms with Crippen LogP contribution in [-0.4, -0.2) is 50.0 Å². The van der Waals surface area contributed by atoms with Crippen LogP contribution in [0.5, 0.6) is 0 Å². The number of sulfonamides is 1. The third-order valence-corrected chi connectivity index (χ3v) is 6.77. The van der Waals surface area contributed by atoms with E-state index in [1.165, 1.54) is 17.8 Å². The van der Waals surface area contributed by atoms with E-state index >= 15 is 0 Å². The fourth-order valence-corrected chi connectivity index (χ4v) is 5.24. The maximum Gasteiger partial charge on any atom is 0.332 e. The number of thioether (sulfide) groups is 1. The van der Waals surface area contributed by atoms with E-state index in [0.29, 0.717) is 25.3 Å². The highest BCUT2D eigenvalue weighted by Gasteiger charge is 2.45. The van der Waals surface area contributed by atoms with Crippen molar-refractivity contribution < 1.29 is 27.8 Å². The SMILES string of the molecule is CSc1ccccc1NS(=O)(=O)C1CCC2(C=C1C(=O)O)OCCO2. The van der Waals surface area contributed by atoms with Crippen molar-refractivity contribution in [3.63, 3.8) is 0 Å². The molecule has 1 unspecified atom stereocenters. The van der Waals surface area contributed by atoms with Crippen LogP contribution in [-0.2, 0) is 24.3 Å². The van der Waals surface area contributed by atoms with Crippen molar-refractivity contribution in [2.75, 3.05) is 24.2 Å². The lowest BCUT2D eigenvalue weighted by Crippen LogP contribution is -2.41. The average molecular weight is 385 g/mol. The summed E-state index contributed by atoms with van der Waals surface area (Å²) in [6.45, 7) is 0.723. The summed E-state index contributed by atoms with van der Waals surface area (Å²) < 4.78 is 39.2. The Kier molecular flexibility index (Phi) is 5.10. The van der Waals surface area contributed by atoms with Gasteiger partial charge < -0.3 is 14.6 Å². The van der Waals surface area contributed by atoms with E-state index < -0.39 is 27.0 Å². The molecule has 0 bridgehead atoms. The first-order valence-electron chi connectivity index (χ1n) is 7.75. The molecule has 3 rings (SSSR count). The number of para-hydroxylation sites is 1. The number of carboxylic acid groups (broad SMARTS) is 1. The smallest absolute Gasteiger partial charge is 0.332 e. The number of carbonyl (C=O) groups is 1. The summed E-state index contributed by atoms with van der Waals surface area (Å²) in [5, 5.41) is 8.34. The Morgan fingerprint density at radius 1 is 1.32 bits per heavy atom. The first-order chi connectivity index (χ1) is 11.9. The number of anilines is 1. The second-order valence-electron chi connectivity index (χ2n) is 5.79. The number of carboxylic acids is 1. The van der Waals surface area contributed by atoms with Gasteiger partial charge in [0, 0.05) is 11.3 Å². The van der Waals surface area contributed by atoms with Crippen LogP contribution in [0.15, 0.2) is 40.8 Å². The number of hydrogen-bond donors (Lipinski definition) is 2. The number of aliphatic carboxylic acids is 1. The molecule has 1 aliphatic heterocycles. The molecule has 25 heavy (non-hydrogen) atoms. The quantitative estimate of drug-likeness (QED) is 0.748. The van der Waals surface area contributed by atoms with Crippen LogP contribution >= 0.6 is 11.8 Å². The van der Waals surface area contributed by atoms with E-state index in [2.05, 4.69) is 4.72 Å². The first-order valence-corrected chi connectivity index (χ1v) is 10.5. The third kappa shape index (κ3) is 3.69. The standard InChI is InChI=1S/C16H19NO6S2/c1-24-13-5-3-2-4-12(13)17-25(20,21)14-6-7-16(22-8-9-23-16)10-11(14)15(18)19/h2-5,10,14,17H,6-9H2,1H3,(H,18,19). The minimum Gasteiger partial charge on any atom is -0.478 e. The van der Waals surface area contributed by atoms with Gasteiger partial charge >= 0.3 is 5.97 Å². The minimum absolute atomic E-state index is 0.106. The molecule has 0 amide bonds. The molecule has 0 radical (unpaired) electrons. The molecule has 2 N–H and O–H groups in total. The van der Waals surface area contributed by atoms with Gasteiger partial charge in [0.1, 0.15) is 5.25 Å². The minimum atomic E-state index is -3.93. The summed E-state index contributed by atoms with van der Waals surface area (Å²) in [5.74, 6) is -2.40. The van der Waals surface area contributed by atoms with Gasteiger partial charge in [-0.05, 0) is 30.9 Å². The van der Waals surface area contributed by atoms with Gasteiger partial charge in [-0.3, -0.25) is 4.72 Å². The Morgan fingerprint density at radius 2 is 2.00 bits per heavy atom. The maximum atomic E-state index is 12.8. The molecule has 136 valence electrons. The van der Waals surface area contributed by atoms with E-state index in [1.54, 1.807) is 18.2 Å². The summed E-state index contributed by atoms with van der Waals surface area (Å²) in [7, 11) is -3.93. The molecule has 1 aromatic carbocycles. The van der Waals surface area contributed by atoms with Crippen molar-refractivity contribution in [1.82, 2.24) is 0 Å². The molecular weight excluding hydrogens is 366 g/mol. The van der Waals surface area contributed by atoms with Gasteiger partial charge in [-0.1, -0.05) is 12.1 Å². The second kappa shape index (κ2) is 6.99. The zero-order valence-electron chi connectivity index (χ0n) is 13.6. The van der Waals surface area contributed by atoms with Crippen LogP contribution in [0.25, 0.3) is 0 Å². The first kappa shape index (κ1) is 18.2. The second-order valence-corrected chi connectivity index (χ2v) is 8.50. The van der Waals surface area contributed by atoms with Crippen LogP contribution in [0, 0.1) is 0 Å². The van der Waals surface area contributed by atoms with Gasteiger partial charge in [0.15, 0.2) is 5.79 Å². The molecule has 1 spiro atoms. The molecule has 1 aromatic rings. The number of ether oxygens (including phenoxy) is 2. The van der Waals surface area contributed by atoms with Crippen LogP contribution in [0.4, 0.5) is 5.69 Å². The monoisotopic (exact) mass is 385 g/mol. The largest absolute Gasteiger partial charge is 0.478 e. The van der Waals surface area contributed by atoms with Gasteiger partial charge in [0.2, 0.25) is 10.0 Å². The van der Waals surface area contributed by atoms with Gasteiger partial charge in [-0.15, -0.1) is 11.8 Å². The van der Waals surface area contributed by atoms with Crippen LogP contribution in [0.1, 0.15) is 12.8 Å². The molecule has 0 aromatic heterocycles. The van der Waals surface area contributed by atoms with E-state index in [4.69, 9.17) is 9.47 Å². The van der Waals surface area contributed by atoms with Crippen molar-refractivity contribution >= 4 is 33.4 Å². The van der Waals surface area contributed by atoms with Crippen molar-refractivity contribution in [2.24, 2.45) is 0 Å². The summed E-state index contributed by atoms with van der Waals surface area (Å²) >= 11 is 1.41. The maximum absolute atomic E-state index is 12.8. The van der Waals surface area contributed by atoms with Crippen molar-refractivity contribution in [3.8, 4) is 0 Å². The van der Waals surface area contributed by atoms with Crippen molar-refractivity contribution in [1.29, 1.82) is 0 Å². The molecule has 7 nitrogen and oxygen atoms in total. The molecule has 1 aliphatic carbocycles. The molecule has 1 fully saturated rings. The Morgan fingerprint density at radius 3 is 2.64 bits per heavy atom. The topological polar surface area (TPSA) is 102 Å². The lowest BCUT2D eigenvalue weighted by Gasteiger charge is -2.32. The molecular formula is C16H19NO6S2. The van der Waals surface area contributed by atoms with Crippen molar-refractivity contribution in [2.45, 2.75) is 28.8 Å². The molecule has 9 heteroatoms. The average Bonchev–Trinajstić information content (AvgIpc) is 3.02. The van der Waals surface area contributed by atoms with Crippen LogP contribution in [0.2, 0.25) is 0 Å². The zero-order chi connectivity index (χ0) is 18.1. The summed E-state index contributed by atoms with van der Waals surface area (Å²) in [6, 6.07) is 6.99. The summed E-state index contributed by atoms with van der Waals surface area (Å²) in [5.41, 5.74) is 0.218. The normalized spacial score (nSPS) is 22.6. The van der Waals surface area contributed by atoms with Gasteiger partial charge in [0.05, 0.1) is 24.5 Å². The van der Waals surface area contributed by atoms with E-state index in [0.717, 1.165) is 4.90 Å². The number of rotatable bonds is 5. The van der Waals surface area contributed by atoms with Crippen molar-refractivity contribution in [3.05, 3.63) is 35.9 Å². The lowest BCUT2D eigenvalue weighted by atomic mass is 9.94. The fourth-order valence-electron chi connectivity index (χ4n) is 3.06. The fraction of sp³-hybridized carbons (Fsp3) is 0.438. The zero-order valence-corrected chi connectivity index (χ0v) is 15.2. The highest BCUT2D eigenvalue weighted by molar-refractivity contribution is 7.99. The molecule has 1 atom stereocenters. The Labute approximate surface area is 150 Å². The van der Waals surface area contributed by atoms with E-state index in [1.807, 2.05) is 12.3 Å². The highest BCUT2D eigenvalue weighted by atomic mass is 32.2. The lowest BCUT2D eigenvalue weighted by molar-refractivity contribution is -0.138. The van der Waals surface area contributed by atoms with E-state index in [-0.39, 0.29) is 12.0 Å². The Hall–Kier alpha value is -1.55. The van der Waals surface area contributed by atoms with Gasteiger partial charge in [0.25, 0.3) is 0 Å². The number of hydrogen-bond acceptors (Lipinski definition) is 6. The molecule has 0 saturated carbocycles. The summed E-state index contributed by atoms with van der Waals surface area (Å²) in [4.78, 5) is 12.4. The Balaban J connectivity index is 1.92. The highest BCUT2D eigenvalue weighted by Crippen LogP contribution is 2.37. The molecule has 2 aliphatic rings. The number of nitrogens with one attached hydrogen (secondary N) is 1. The molecule has 1 heterocycles. The van der Waals surface area contributed by atoms with Gasteiger partial charge in [-0.2, -0.15) is 0 Å². The number of benzene rings is 1. The predicted octanol–water partition coefficient (Wildman–Crippen LogP) is 2.07. The van der Waals surface area contributed by atoms with Crippen LogP contribution < -0.4 is 4.72 Å². The summed E-state index contributed by atoms with van der Waals surface area (Å²) in [6.07, 6.45) is 3.54. The third-order valence-electron chi connectivity index (χ3n) is 4.23.